The van der Waals surface area contributed by atoms with Crippen molar-refractivity contribution in [2.24, 2.45) is 0 Å². The molecule has 5 amide bonds. The predicted molar refractivity (Wildman–Crippen MR) is 290 cm³/mol. The average molecular weight is 1070 g/mol. The molecule has 77 heavy (non-hydrogen) atoms. The summed E-state index contributed by atoms with van der Waals surface area (Å²) >= 11 is 0. The second-order valence-electron chi connectivity index (χ2n) is 19.0. The molecule has 4 rings (SSSR count). The number of aryl methyl sites for hydroxylation is 4. The molecule has 0 spiro atoms. The number of phenolic OH excluding ortho intramolecular Hbond substituents is 1. The van der Waals surface area contributed by atoms with Crippen molar-refractivity contribution in [3.05, 3.63) is 102 Å². The number of unbranched alkanes of at least 4 members (excludes halogenated alkanes) is 6. The van der Waals surface area contributed by atoms with Gasteiger partial charge in [-0.05, 0) is 97.4 Å². The number of rotatable bonds is 30. The quantitative estimate of drug-likeness (QED) is 0.0164. The lowest BCUT2D eigenvalue weighted by molar-refractivity contribution is -0.139. The maximum absolute atomic E-state index is 13.2. The summed E-state index contributed by atoms with van der Waals surface area (Å²) in [5, 5.41) is 19.6. The van der Waals surface area contributed by atoms with E-state index in [-0.39, 0.29) is 45.3 Å². The van der Waals surface area contributed by atoms with Crippen LogP contribution in [-0.2, 0) is 33.3 Å². The number of aromatic nitrogens is 3. The lowest BCUT2D eigenvalue weighted by atomic mass is 9.96. The number of esters is 2. The Kier molecular flexibility index (Phi) is 25.4. The molecule has 416 valence electrons. The highest BCUT2D eigenvalue weighted by atomic mass is 16.6. The predicted octanol–water partition coefficient (Wildman–Crippen LogP) is 9.93. The number of nitrogens with one attached hydrogen (secondary N) is 3. The number of hydrogen-bond donors (Lipinski definition) is 4. The number of hydrogen-bond acceptors (Lipinski definition) is 16. The summed E-state index contributed by atoms with van der Waals surface area (Å²) in [6.45, 7) is 20.2. The van der Waals surface area contributed by atoms with Crippen molar-refractivity contribution in [1.29, 1.82) is 0 Å². The molecular formula is C57H75N7O13. The number of alkyl carbamates (subject to hydrolysis) is 2. The van der Waals surface area contributed by atoms with Gasteiger partial charge in [0.25, 0.3) is 0 Å². The molecule has 0 radical (unpaired) electrons. The zero-order chi connectivity index (χ0) is 56.3. The van der Waals surface area contributed by atoms with Crippen LogP contribution in [0.5, 0.6) is 11.5 Å². The van der Waals surface area contributed by atoms with E-state index in [4.69, 9.17) is 43.4 Å². The number of phenols is 1. The van der Waals surface area contributed by atoms with Gasteiger partial charge in [0.2, 0.25) is 0 Å². The average Bonchev–Trinajstić information content (AvgIpc) is 3.38. The van der Waals surface area contributed by atoms with Gasteiger partial charge < -0.3 is 49.5 Å². The highest BCUT2D eigenvalue weighted by Crippen LogP contribution is 2.34. The number of ether oxygens (including phenoxy) is 6. The zero-order valence-corrected chi connectivity index (χ0v) is 45.5. The molecule has 0 fully saturated rings. The summed E-state index contributed by atoms with van der Waals surface area (Å²) in [7, 11) is 0. The molecule has 20 nitrogen and oxygen atoms in total. The molecule has 1 atom stereocenters. The van der Waals surface area contributed by atoms with Crippen molar-refractivity contribution < 1.29 is 62.3 Å². The molecule has 4 aromatic rings. The van der Waals surface area contributed by atoms with Crippen molar-refractivity contribution in [2.75, 3.05) is 52.7 Å². The van der Waals surface area contributed by atoms with Crippen LogP contribution < -0.4 is 20.7 Å². The molecular weight excluding hydrogens is 991 g/mol. The Bertz CT molecular complexity index is 2590. The molecule has 1 unspecified atom stereocenters. The molecule has 3 aromatic carbocycles. The first kappa shape index (κ1) is 61.5. The Morgan fingerprint density at radius 3 is 1.70 bits per heavy atom. The molecule has 20 heteroatoms. The third-order valence-electron chi connectivity index (χ3n) is 11.8. The molecule has 0 saturated carbocycles. The van der Waals surface area contributed by atoms with Gasteiger partial charge in [-0.1, -0.05) is 92.8 Å². The lowest BCUT2D eigenvalue weighted by Crippen LogP contribution is -2.45. The SMILES string of the molecule is C=CC(=O)OCCOC(=O)NC(C)(C)CCCCCCNC(=O)N(CCCCCCNC(=O)OC(C)COc1ccc(-c2nc(-c3ccc(C)cc3C)nc(-c3ccc(C)cc3C)n2)c(O)c1)C(=O)OCCOC(=O)C=C. The summed E-state index contributed by atoms with van der Waals surface area (Å²) < 4.78 is 31.3. The number of nitrogens with zero attached hydrogens (tertiary/aromatic N) is 4. The van der Waals surface area contributed by atoms with Gasteiger partial charge in [-0.25, -0.2) is 48.6 Å². The monoisotopic (exact) mass is 1070 g/mol. The van der Waals surface area contributed by atoms with Gasteiger partial charge in [0, 0.05) is 54.5 Å². The van der Waals surface area contributed by atoms with Crippen molar-refractivity contribution in [3.63, 3.8) is 0 Å². The standard InChI is InChI=1S/C57H75N7O13/c1-10-48(66)72-30-32-74-55(70)63-57(8,9)26-16-12-13-17-27-58-53(68)64(56(71)75-33-31-73-49(67)11-2)29-19-15-14-18-28-59-54(69)77-42(7)37-76-43-22-25-46(47(65)36-43)52-61-50(44-23-20-38(3)34-40(44)5)60-51(62-52)45-24-21-39(4)35-41(45)6/h10-11,20-25,34-36,42,65H,1-2,12-19,26-33,37H2,3-9H3,(H,58,68)(H,59,69)(H,63,70). The Balaban J connectivity index is 1.18. The van der Waals surface area contributed by atoms with E-state index >= 15 is 0 Å². The largest absolute Gasteiger partial charge is 0.507 e. The highest BCUT2D eigenvalue weighted by molar-refractivity contribution is 5.91. The van der Waals surface area contributed by atoms with Gasteiger partial charge in [-0.15, -0.1) is 0 Å². The highest BCUT2D eigenvalue weighted by Gasteiger charge is 2.24. The van der Waals surface area contributed by atoms with E-state index in [0.717, 1.165) is 69.7 Å². The molecule has 1 aromatic heterocycles. The minimum atomic E-state index is -0.885. The molecule has 0 bridgehead atoms. The third-order valence-corrected chi connectivity index (χ3v) is 11.8. The number of aromatic hydroxyl groups is 1. The first-order valence-electron chi connectivity index (χ1n) is 25.9. The van der Waals surface area contributed by atoms with Crippen LogP contribution >= 0.6 is 0 Å². The number of carbonyl (C=O) groups is 6. The Hall–Kier alpha value is -8.03. The first-order valence-corrected chi connectivity index (χ1v) is 25.9. The molecule has 0 aliphatic rings. The summed E-state index contributed by atoms with van der Waals surface area (Å²) in [6, 6.07) is 16.3. The second kappa shape index (κ2) is 31.8. The minimum absolute atomic E-state index is 0.0112. The number of urea groups is 1. The van der Waals surface area contributed by atoms with Crippen molar-refractivity contribution >= 4 is 36.2 Å². The normalized spacial score (nSPS) is 11.3. The van der Waals surface area contributed by atoms with E-state index in [1.165, 1.54) is 6.07 Å². The Morgan fingerprint density at radius 1 is 0.636 bits per heavy atom. The van der Waals surface area contributed by atoms with Crippen LogP contribution in [0.25, 0.3) is 34.2 Å². The van der Waals surface area contributed by atoms with Crippen molar-refractivity contribution in [3.8, 4) is 45.7 Å². The number of carbonyl (C=O) groups excluding carboxylic acids is 6. The van der Waals surface area contributed by atoms with Gasteiger partial charge in [0.1, 0.15) is 50.6 Å². The third kappa shape index (κ3) is 22.0. The van der Waals surface area contributed by atoms with Crippen LogP contribution in [0.1, 0.15) is 101 Å². The second-order valence-corrected chi connectivity index (χ2v) is 19.0. The number of amides is 5. The molecule has 0 aliphatic heterocycles. The summed E-state index contributed by atoms with van der Waals surface area (Å²) in [6.07, 6.45) is 5.30. The maximum atomic E-state index is 13.2. The minimum Gasteiger partial charge on any atom is -0.507 e. The first-order chi connectivity index (χ1) is 36.8. The van der Waals surface area contributed by atoms with E-state index in [1.807, 2.05) is 65.8 Å². The summed E-state index contributed by atoms with van der Waals surface area (Å²) in [5.74, 6) is 0.240. The van der Waals surface area contributed by atoms with Crippen LogP contribution in [0, 0.1) is 27.7 Å². The van der Waals surface area contributed by atoms with Crippen LogP contribution in [0.2, 0.25) is 0 Å². The van der Waals surface area contributed by atoms with E-state index in [9.17, 15) is 33.9 Å². The van der Waals surface area contributed by atoms with E-state index in [2.05, 4.69) is 41.2 Å². The number of imide groups is 1. The summed E-state index contributed by atoms with van der Waals surface area (Å²) in [5.41, 5.74) is 5.80. The molecule has 1 heterocycles. The fourth-order valence-electron chi connectivity index (χ4n) is 7.80. The molecule has 0 aliphatic carbocycles. The van der Waals surface area contributed by atoms with Gasteiger partial charge >= 0.3 is 36.2 Å². The van der Waals surface area contributed by atoms with Crippen LogP contribution in [0.3, 0.4) is 0 Å². The fraction of sp³-hybridized carbons (Fsp3) is 0.456. The molecule has 0 saturated heterocycles. The van der Waals surface area contributed by atoms with E-state index in [0.29, 0.717) is 80.4 Å². The summed E-state index contributed by atoms with van der Waals surface area (Å²) in [4.78, 5) is 88.8. The van der Waals surface area contributed by atoms with Gasteiger partial charge in [-0.2, -0.15) is 0 Å². The van der Waals surface area contributed by atoms with Gasteiger partial charge in [0.05, 0.1) is 5.56 Å². The van der Waals surface area contributed by atoms with Gasteiger partial charge in [-0.3, -0.25) is 0 Å². The maximum Gasteiger partial charge on any atom is 0.418 e. The van der Waals surface area contributed by atoms with Gasteiger partial charge in [0.15, 0.2) is 17.5 Å². The zero-order valence-electron chi connectivity index (χ0n) is 45.5. The molecule has 4 N–H and O–H groups in total. The van der Waals surface area contributed by atoms with Crippen molar-refractivity contribution in [2.45, 2.75) is 118 Å². The lowest BCUT2D eigenvalue weighted by Gasteiger charge is -2.25. The van der Waals surface area contributed by atoms with Crippen LogP contribution in [-0.4, -0.2) is 126 Å². The smallest absolute Gasteiger partial charge is 0.418 e. The Labute approximate surface area is 451 Å². The number of benzene rings is 3. The Morgan fingerprint density at radius 2 is 1.14 bits per heavy atom. The van der Waals surface area contributed by atoms with Crippen LogP contribution in [0.4, 0.5) is 19.2 Å². The topological polar surface area (TPSA) is 256 Å². The van der Waals surface area contributed by atoms with E-state index in [1.54, 1.807) is 19.1 Å². The van der Waals surface area contributed by atoms with E-state index < -0.39 is 47.9 Å². The van der Waals surface area contributed by atoms with Crippen LogP contribution in [0.15, 0.2) is 79.9 Å². The van der Waals surface area contributed by atoms with Crippen molar-refractivity contribution in [1.82, 2.24) is 35.8 Å². The fourth-order valence-corrected chi connectivity index (χ4v) is 7.80.